The van der Waals surface area contributed by atoms with E-state index in [1.807, 2.05) is 6.07 Å². The molecule has 3 nitrogen and oxygen atoms in total. The summed E-state index contributed by atoms with van der Waals surface area (Å²) in [7, 11) is 0. The Balaban J connectivity index is 2.50. The van der Waals surface area contributed by atoms with Gasteiger partial charge in [0.2, 0.25) is 0 Å². The first-order chi connectivity index (χ1) is 7.22. The lowest BCUT2D eigenvalue weighted by molar-refractivity contribution is 0.948. The fraction of sp³-hybridized carbons (Fsp3) is 0.100. The summed E-state index contributed by atoms with van der Waals surface area (Å²) >= 11 is 11.8. The van der Waals surface area contributed by atoms with E-state index in [-0.39, 0.29) is 0 Å². The van der Waals surface area contributed by atoms with Crippen LogP contribution in [0.1, 0.15) is 5.69 Å². The Kier molecular flexibility index (Phi) is 2.95. The summed E-state index contributed by atoms with van der Waals surface area (Å²) in [4.78, 5) is 0. The van der Waals surface area contributed by atoms with Crippen molar-refractivity contribution in [2.45, 2.75) is 6.54 Å². The third-order valence-electron chi connectivity index (χ3n) is 2.15. The van der Waals surface area contributed by atoms with Crippen molar-refractivity contribution in [2.24, 2.45) is 5.73 Å². The Labute approximate surface area is 97.2 Å². The molecule has 2 rings (SSSR count). The molecule has 15 heavy (non-hydrogen) atoms. The average Bonchev–Trinajstić information content (AvgIpc) is 2.70. The maximum absolute atomic E-state index is 5.93. The normalized spacial score (nSPS) is 10.6. The van der Waals surface area contributed by atoms with Crippen molar-refractivity contribution in [2.75, 3.05) is 0 Å². The van der Waals surface area contributed by atoms with Crippen LogP contribution in [0.5, 0.6) is 0 Å². The number of benzene rings is 1. The predicted molar refractivity (Wildman–Crippen MR) is 61.9 cm³/mol. The van der Waals surface area contributed by atoms with Gasteiger partial charge in [-0.1, -0.05) is 29.3 Å². The molecular formula is C10H9Cl2N3. The van der Waals surface area contributed by atoms with Crippen LogP contribution in [-0.4, -0.2) is 10.2 Å². The molecule has 0 bridgehead atoms. The minimum Gasteiger partial charge on any atom is -0.325 e. The third-order valence-corrected chi connectivity index (χ3v) is 2.89. The zero-order valence-electron chi connectivity index (χ0n) is 7.80. The molecule has 0 saturated heterocycles. The van der Waals surface area contributed by atoms with Crippen molar-refractivity contribution in [1.29, 1.82) is 0 Å². The minimum atomic E-state index is 0.412. The topological polar surface area (TPSA) is 54.7 Å². The highest BCUT2D eigenvalue weighted by molar-refractivity contribution is 6.42. The fourth-order valence-corrected chi connectivity index (χ4v) is 1.68. The van der Waals surface area contributed by atoms with Crippen molar-refractivity contribution >= 4 is 23.2 Å². The number of hydrogen-bond donors (Lipinski definition) is 2. The van der Waals surface area contributed by atoms with E-state index in [0.29, 0.717) is 16.6 Å². The molecule has 1 heterocycles. The highest BCUT2D eigenvalue weighted by Crippen LogP contribution is 2.29. The molecule has 5 heteroatoms. The van der Waals surface area contributed by atoms with Gasteiger partial charge in [-0.25, -0.2) is 0 Å². The Morgan fingerprint density at radius 1 is 1.27 bits per heavy atom. The van der Waals surface area contributed by atoms with Crippen molar-refractivity contribution in [1.82, 2.24) is 10.2 Å². The van der Waals surface area contributed by atoms with Crippen LogP contribution in [0.25, 0.3) is 11.1 Å². The largest absolute Gasteiger partial charge is 0.325 e. The van der Waals surface area contributed by atoms with E-state index >= 15 is 0 Å². The van der Waals surface area contributed by atoms with Gasteiger partial charge in [-0.15, -0.1) is 0 Å². The first-order valence-electron chi connectivity index (χ1n) is 4.40. The molecule has 0 aliphatic heterocycles. The summed E-state index contributed by atoms with van der Waals surface area (Å²) in [5.74, 6) is 0. The Hall–Kier alpha value is -1.03. The molecule has 1 aromatic heterocycles. The van der Waals surface area contributed by atoms with E-state index in [1.54, 1.807) is 18.3 Å². The lowest BCUT2D eigenvalue weighted by Crippen LogP contribution is -1.98. The van der Waals surface area contributed by atoms with Crippen molar-refractivity contribution in [3.8, 4) is 11.1 Å². The average molecular weight is 242 g/mol. The predicted octanol–water partition coefficient (Wildman–Crippen LogP) is 2.84. The van der Waals surface area contributed by atoms with Gasteiger partial charge in [0.05, 0.1) is 21.9 Å². The van der Waals surface area contributed by atoms with Gasteiger partial charge in [0.25, 0.3) is 0 Å². The zero-order chi connectivity index (χ0) is 10.8. The summed E-state index contributed by atoms with van der Waals surface area (Å²) in [6.45, 7) is 0.412. The molecule has 78 valence electrons. The minimum absolute atomic E-state index is 0.412. The molecule has 0 aliphatic carbocycles. The van der Waals surface area contributed by atoms with Crippen LogP contribution in [0.3, 0.4) is 0 Å². The Morgan fingerprint density at radius 3 is 2.73 bits per heavy atom. The molecule has 2 aromatic rings. The number of rotatable bonds is 2. The van der Waals surface area contributed by atoms with Gasteiger partial charge in [-0.2, -0.15) is 5.10 Å². The first-order valence-corrected chi connectivity index (χ1v) is 5.15. The smallest absolute Gasteiger partial charge is 0.0598 e. The lowest BCUT2D eigenvalue weighted by Gasteiger charge is -2.02. The Bertz CT molecular complexity index is 479. The summed E-state index contributed by atoms with van der Waals surface area (Å²) in [5, 5.41) is 7.84. The molecule has 0 atom stereocenters. The summed E-state index contributed by atoms with van der Waals surface area (Å²) in [6.07, 6.45) is 1.72. The van der Waals surface area contributed by atoms with E-state index in [4.69, 9.17) is 28.9 Å². The second-order valence-corrected chi connectivity index (χ2v) is 3.91. The van der Waals surface area contributed by atoms with E-state index in [1.165, 1.54) is 0 Å². The second kappa shape index (κ2) is 4.23. The Morgan fingerprint density at radius 2 is 2.07 bits per heavy atom. The molecular weight excluding hydrogens is 233 g/mol. The van der Waals surface area contributed by atoms with Gasteiger partial charge < -0.3 is 5.73 Å². The van der Waals surface area contributed by atoms with Crippen LogP contribution in [0.2, 0.25) is 10.0 Å². The SMILES string of the molecule is NCc1[nH]ncc1-c1ccc(Cl)c(Cl)c1. The number of aromatic nitrogens is 2. The number of nitrogens with two attached hydrogens (primary N) is 1. The molecule has 0 amide bonds. The zero-order valence-corrected chi connectivity index (χ0v) is 9.31. The van der Waals surface area contributed by atoms with Crippen molar-refractivity contribution < 1.29 is 0 Å². The van der Waals surface area contributed by atoms with Gasteiger partial charge in [0, 0.05) is 12.1 Å². The van der Waals surface area contributed by atoms with Gasteiger partial charge in [0.15, 0.2) is 0 Å². The van der Waals surface area contributed by atoms with Crippen LogP contribution < -0.4 is 5.73 Å². The number of H-pyrrole nitrogens is 1. The van der Waals surface area contributed by atoms with Gasteiger partial charge in [0.1, 0.15) is 0 Å². The first kappa shape index (κ1) is 10.5. The van der Waals surface area contributed by atoms with Crippen LogP contribution in [0.4, 0.5) is 0 Å². The van der Waals surface area contributed by atoms with Gasteiger partial charge >= 0.3 is 0 Å². The molecule has 0 spiro atoms. The number of hydrogen-bond acceptors (Lipinski definition) is 2. The van der Waals surface area contributed by atoms with E-state index < -0.39 is 0 Å². The number of aromatic amines is 1. The van der Waals surface area contributed by atoms with Crippen LogP contribution >= 0.6 is 23.2 Å². The highest BCUT2D eigenvalue weighted by Gasteiger charge is 2.07. The monoisotopic (exact) mass is 241 g/mol. The van der Waals surface area contributed by atoms with Crippen LogP contribution in [-0.2, 0) is 6.54 Å². The summed E-state index contributed by atoms with van der Waals surface area (Å²) < 4.78 is 0. The van der Waals surface area contributed by atoms with Crippen molar-refractivity contribution in [3.63, 3.8) is 0 Å². The molecule has 0 unspecified atom stereocenters. The van der Waals surface area contributed by atoms with E-state index in [9.17, 15) is 0 Å². The lowest BCUT2D eigenvalue weighted by atomic mass is 10.1. The van der Waals surface area contributed by atoms with Gasteiger partial charge in [-0.05, 0) is 17.7 Å². The molecule has 0 fully saturated rings. The number of nitrogens with zero attached hydrogens (tertiary/aromatic N) is 1. The quantitative estimate of drug-likeness (QED) is 0.850. The summed E-state index contributed by atoms with van der Waals surface area (Å²) in [5.41, 5.74) is 8.36. The standard InChI is InChI=1S/C10H9Cl2N3/c11-8-2-1-6(3-9(8)12)7-5-14-15-10(7)4-13/h1-3,5H,4,13H2,(H,14,15). The third kappa shape index (κ3) is 2.00. The van der Waals surface area contributed by atoms with Crippen LogP contribution in [0, 0.1) is 0 Å². The van der Waals surface area contributed by atoms with E-state index in [0.717, 1.165) is 16.8 Å². The maximum Gasteiger partial charge on any atom is 0.0598 e. The fourth-order valence-electron chi connectivity index (χ4n) is 1.38. The summed E-state index contributed by atoms with van der Waals surface area (Å²) in [6, 6.07) is 5.44. The van der Waals surface area contributed by atoms with Crippen LogP contribution in [0.15, 0.2) is 24.4 Å². The number of halogens is 2. The molecule has 3 N–H and O–H groups in total. The molecule has 1 aromatic carbocycles. The molecule has 0 aliphatic rings. The maximum atomic E-state index is 5.93. The number of nitrogens with one attached hydrogen (secondary N) is 1. The van der Waals surface area contributed by atoms with Gasteiger partial charge in [-0.3, -0.25) is 5.10 Å². The van der Waals surface area contributed by atoms with Crippen molar-refractivity contribution in [3.05, 3.63) is 40.1 Å². The molecule has 0 saturated carbocycles. The molecule has 0 radical (unpaired) electrons. The second-order valence-electron chi connectivity index (χ2n) is 3.10. The van der Waals surface area contributed by atoms with E-state index in [2.05, 4.69) is 10.2 Å². The highest BCUT2D eigenvalue weighted by atomic mass is 35.5.